The van der Waals surface area contributed by atoms with Crippen LogP contribution in [0, 0.1) is 5.82 Å². The van der Waals surface area contributed by atoms with Crippen molar-refractivity contribution < 1.29 is 29.2 Å². The third-order valence-electron chi connectivity index (χ3n) is 4.87. The van der Waals surface area contributed by atoms with E-state index < -0.39 is 24.0 Å². The number of rotatable bonds is 7. The van der Waals surface area contributed by atoms with Crippen molar-refractivity contribution in [1.82, 2.24) is 25.2 Å². The van der Waals surface area contributed by atoms with E-state index in [9.17, 15) is 14.0 Å². The summed E-state index contributed by atoms with van der Waals surface area (Å²) < 4.78 is 26.6. The van der Waals surface area contributed by atoms with Crippen molar-refractivity contribution >= 4 is 17.7 Å². The molecule has 11 nitrogen and oxygen atoms in total. The molecule has 1 fully saturated rings. The second-order valence-electron chi connectivity index (χ2n) is 7.13. The SMILES string of the molecule is Cn1nnnc1-c1ccc(-c2ccc(N3C[C@H](COC(=O)CC[NH3+])OC3=O)cc2F)cn1. The normalized spacial score (nSPS) is 15.7. The van der Waals surface area contributed by atoms with Crippen LogP contribution in [-0.2, 0) is 21.3 Å². The molecule has 1 aliphatic heterocycles. The number of carbonyl (C=O) groups excluding carboxylic acids is 2. The van der Waals surface area contributed by atoms with Gasteiger partial charge in [0, 0.05) is 24.4 Å². The van der Waals surface area contributed by atoms with Gasteiger partial charge in [-0.05, 0) is 34.7 Å². The second kappa shape index (κ2) is 9.06. The van der Waals surface area contributed by atoms with Crippen LogP contribution >= 0.6 is 0 Å². The summed E-state index contributed by atoms with van der Waals surface area (Å²) in [5, 5.41) is 11.2. The number of ether oxygens (including phenoxy) is 2. The molecule has 1 aromatic carbocycles. The van der Waals surface area contributed by atoms with Gasteiger partial charge in [0.1, 0.15) is 18.1 Å². The van der Waals surface area contributed by atoms with E-state index in [0.29, 0.717) is 34.9 Å². The molecule has 1 aliphatic rings. The fourth-order valence-corrected chi connectivity index (χ4v) is 3.26. The van der Waals surface area contributed by atoms with Gasteiger partial charge in [0.25, 0.3) is 0 Å². The van der Waals surface area contributed by atoms with E-state index >= 15 is 0 Å². The van der Waals surface area contributed by atoms with Crippen LogP contribution in [0.4, 0.5) is 14.9 Å². The molecule has 3 aromatic rings. The Hall–Kier alpha value is -3.93. The summed E-state index contributed by atoms with van der Waals surface area (Å²) >= 11 is 0. The minimum atomic E-state index is -0.626. The molecule has 4 rings (SSSR count). The fraction of sp³-hybridized carbons (Fsp3) is 0.300. The van der Waals surface area contributed by atoms with Crippen LogP contribution in [-0.4, -0.2) is 63.1 Å². The molecule has 1 atom stereocenters. The first-order valence-corrected chi connectivity index (χ1v) is 9.88. The Balaban J connectivity index is 1.46. The van der Waals surface area contributed by atoms with E-state index in [0.717, 1.165) is 0 Å². The minimum Gasteiger partial charge on any atom is -0.461 e. The quantitative estimate of drug-likeness (QED) is 0.524. The Bertz CT molecular complexity index is 1140. The van der Waals surface area contributed by atoms with Crippen molar-refractivity contribution in [1.29, 1.82) is 0 Å². The Morgan fingerprint density at radius 3 is 2.84 bits per heavy atom. The number of cyclic esters (lactones) is 1. The van der Waals surface area contributed by atoms with Crippen LogP contribution in [0.5, 0.6) is 0 Å². The Morgan fingerprint density at radius 1 is 1.34 bits per heavy atom. The lowest BCUT2D eigenvalue weighted by Gasteiger charge is -2.14. The van der Waals surface area contributed by atoms with Crippen LogP contribution in [0.15, 0.2) is 36.5 Å². The fourth-order valence-electron chi connectivity index (χ4n) is 3.26. The minimum absolute atomic E-state index is 0.0549. The zero-order chi connectivity index (χ0) is 22.7. The summed E-state index contributed by atoms with van der Waals surface area (Å²) in [7, 11) is 1.70. The van der Waals surface area contributed by atoms with Gasteiger partial charge >= 0.3 is 12.1 Å². The molecule has 3 heterocycles. The molecule has 0 saturated carbocycles. The van der Waals surface area contributed by atoms with Crippen LogP contribution in [0.25, 0.3) is 22.6 Å². The molecule has 0 spiro atoms. The third kappa shape index (κ3) is 4.39. The average Bonchev–Trinajstić information content (AvgIpc) is 3.38. The first-order chi connectivity index (χ1) is 15.5. The lowest BCUT2D eigenvalue weighted by Crippen LogP contribution is -2.51. The topological polar surface area (TPSA) is 140 Å². The summed E-state index contributed by atoms with van der Waals surface area (Å²) in [4.78, 5) is 29.3. The first kappa shape index (κ1) is 21.3. The van der Waals surface area contributed by atoms with Crippen molar-refractivity contribution in [3.63, 3.8) is 0 Å². The number of pyridine rings is 1. The summed E-state index contributed by atoms with van der Waals surface area (Å²) in [6.07, 6.45) is 0.481. The van der Waals surface area contributed by atoms with Crippen LogP contribution < -0.4 is 10.6 Å². The molecule has 0 bridgehead atoms. The highest BCUT2D eigenvalue weighted by Crippen LogP contribution is 2.29. The number of carbonyl (C=O) groups is 2. The summed E-state index contributed by atoms with van der Waals surface area (Å²) in [6.45, 7) is 0.522. The number of hydrogen-bond donors (Lipinski definition) is 1. The number of aryl methyl sites for hydroxylation is 1. The molecular formula is C20H21FN7O4+. The van der Waals surface area contributed by atoms with Crippen LogP contribution in [0.2, 0.25) is 0 Å². The van der Waals surface area contributed by atoms with Gasteiger partial charge in [0.05, 0.1) is 25.2 Å². The molecule has 166 valence electrons. The Labute approximate surface area is 181 Å². The van der Waals surface area contributed by atoms with Crippen molar-refractivity contribution in [3.8, 4) is 22.6 Å². The van der Waals surface area contributed by atoms with E-state index in [1.54, 1.807) is 31.3 Å². The number of hydrogen-bond acceptors (Lipinski definition) is 8. The van der Waals surface area contributed by atoms with Gasteiger partial charge in [0.15, 0.2) is 11.9 Å². The zero-order valence-corrected chi connectivity index (χ0v) is 17.3. The lowest BCUT2D eigenvalue weighted by molar-refractivity contribution is -0.366. The van der Waals surface area contributed by atoms with Gasteiger partial charge in [-0.2, -0.15) is 0 Å². The number of tetrazole rings is 1. The summed E-state index contributed by atoms with van der Waals surface area (Å²) in [5.41, 5.74) is 5.37. The predicted molar refractivity (Wildman–Crippen MR) is 108 cm³/mol. The summed E-state index contributed by atoms with van der Waals surface area (Å²) in [5.74, 6) is -0.429. The van der Waals surface area contributed by atoms with E-state index in [4.69, 9.17) is 9.47 Å². The van der Waals surface area contributed by atoms with Gasteiger partial charge in [-0.1, -0.05) is 6.07 Å². The lowest BCUT2D eigenvalue weighted by atomic mass is 10.1. The van der Waals surface area contributed by atoms with Gasteiger partial charge in [0.2, 0.25) is 0 Å². The summed E-state index contributed by atoms with van der Waals surface area (Å²) in [6, 6.07) is 7.87. The molecule has 0 aliphatic carbocycles. The highest BCUT2D eigenvalue weighted by molar-refractivity contribution is 5.90. The average molecular weight is 442 g/mol. The highest BCUT2D eigenvalue weighted by Gasteiger charge is 2.33. The number of amides is 1. The van der Waals surface area contributed by atoms with Crippen LogP contribution in [0.3, 0.4) is 0 Å². The van der Waals surface area contributed by atoms with Gasteiger partial charge in [-0.25, -0.2) is 13.9 Å². The maximum absolute atomic E-state index is 14.9. The number of benzene rings is 1. The van der Waals surface area contributed by atoms with Crippen molar-refractivity contribution in [2.75, 3.05) is 24.6 Å². The van der Waals surface area contributed by atoms with Crippen LogP contribution in [0.1, 0.15) is 6.42 Å². The number of aromatic nitrogens is 5. The molecule has 12 heteroatoms. The van der Waals surface area contributed by atoms with Gasteiger partial charge < -0.3 is 15.2 Å². The standard InChI is InChI=1S/C20H20FN7O4/c1-27-19(24-25-26-27)17-5-2-12(9-23-17)15-4-3-13(8-16(15)21)28-10-14(32-20(28)30)11-31-18(29)6-7-22/h2-5,8-9,14H,6-7,10-11,22H2,1H3/p+1/t14-/m1/s1. The molecule has 2 aromatic heterocycles. The number of esters is 1. The molecule has 0 unspecified atom stereocenters. The molecule has 32 heavy (non-hydrogen) atoms. The Kier molecular flexibility index (Phi) is 6.03. The molecular weight excluding hydrogens is 421 g/mol. The third-order valence-corrected chi connectivity index (χ3v) is 4.87. The maximum Gasteiger partial charge on any atom is 0.414 e. The molecule has 3 N–H and O–H groups in total. The molecule has 0 radical (unpaired) electrons. The smallest absolute Gasteiger partial charge is 0.414 e. The van der Waals surface area contributed by atoms with Crippen molar-refractivity contribution in [2.45, 2.75) is 12.5 Å². The van der Waals surface area contributed by atoms with E-state index in [2.05, 4.69) is 26.2 Å². The number of halogens is 1. The Morgan fingerprint density at radius 2 is 2.19 bits per heavy atom. The number of quaternary nitrogens is 1. The predicted octanol–water partition coefficient (Wildman–Crippen LogP) is 0.579. The van der Waals surface area contributed by atoms with Gasteiger partial charge in [-0.3, -0.25) is 14.7 Å². The van der Waals surface area contributed by atoms with Crippen molar-refractivity contribution in [3.05, 3.63) is 42.3 Å². The van der Waals surface area contributed by atoms with E-state index in [1.807, 2.05) is 0 Å². The number of nitrogens with zero attached hydrogens (tertiary/aromatic N) is 6. The monoisotopic (exact) mass is 442 g/mol. The second-order valence-corrected chi connectivity index (χ2v) is 7.13. The highest BCUT2D eigenvalue weighted by atomic mass is 19.1. The first-order valence-electron chi connectivity index (χ1n) is 9.88. The van der Waals surface area contributed by atoms with Crippen molar-refractivity contribution in [2.24, 2.45) is 7.05 Å². The molecule has 1 saturated heterocycles. The van der Waals surface area contributed by atoms with E-state index in [-0.39, 0.29) is 19.6 Å². The van der Waals surface area contributed by atoms with Gasteiger partial charge in [-0.15, -0.1) is 5.10 Å². The maximum atomic E-state index is 14.9. The zero-order valence-electron chi connectivity index (χ0n) is 17.3. The van der Waals surface area contributed by atoms with E-state index in [1.165, 1.54) is 21.8 Å². The number of anilines is 1. The largest absolute Gasteiger partial charge is 0.461 e. The molecule has 1 amide bonds.